The van der Waals surface area contributed by atoms with Crippen LogP contribution in [-0.4, -0.2) is 26.1 Å². The van der Waals surface area contributed by atoms with Crippen molar-refractivity contribution >= 4 is 11.7 Å². The SMILES string of the molecule is CCc1nc(C2CC(=O)Nc3n[nH]c(-c4ccco4)c32)c(C)[nH]1. The Morgan fingerprint density at radius 2 is 2.30 bits per heavy atom. The van der Waals surface area contributed by atoms with Crippen LogP contribution in [0.25, 0.3) is 11.5 Å². The van der Waals surface area contributed by atoms with E-state index in [0.29, 0.717) is 18.0 Å². The highest BCUT2D eigenvalue weighted by molar-refractivity contribution is 5.95. The van der Waals surface area contributed by atoms with Crippen molar-refractivity contribution in [1.82, 2.24) is 20.2 Å². The van der Waals surface area contributed by atoms with Crippen LogP contribution in [0.15, 0.2) is 22.8 Å². The molecule has 3 aromatic heterocycles. The molecule has 0 radical (unpaired) electrons. The maximum absolute atomic E-state index is 12.1. The highest BCUT2D eigenvalue weighted by Gasteiger charge is 2.35. The molecule has 23 heavy (non-hydrogen) atoms. The molecular weight excluding hydrogens is 294 g/mol. The van der Waals surface area contributed by atoms with Gasteiger partial charge in [-0.3, -0.25) is 9.89 Å². The maximum atomic E-state index is 12.1. The van der Waals surface area contributed by atoms with Crippen molar-refractivity contribution in [3.8, 4) is 11.5 Å². The third kappa shape index (κ3) is 2.16. The fourth-order valence-electron chi connectivity index (χ4n) is 3.14. The number of fused-ring (bicyclic) bond motifs is 1. The van der Waals surface area contributed by atoms with Gasteiger partial charge in [-0.15, -0.1) is 0 Å². The van der Waals surface area contributed by atoms with Crippen LogP contribution in [-0.2, 0) is 11.2 Å². The largest absolute Gasteiger partial charge is 0.463 e. The quantitative estimate of drug-likeness (QED) is 0.692. The van der Waals surface area contributed by atoms with Crippen LogP contribution in [0, 0.1) is 6.92 Å². The summed E-state index contributed by atoms with van der Waals surface area (Å²) in [5, 5.41) is 10.0. The van der Waals surface area contributed by atoms with Crippen LogP contribution < -0.4 is 5.32 Å². The van der Waals surface area contributed by atoms with Gasteiger partial charge in [0.2, 0.25) is 5.91 Å². The van der Waals surface area contributed by atoms with Crippen molar-refractivity contribution in [2.24, 2.45) is 0 Å². The molecule has 1 amide bonds. The smallest absolute Gasteiger partial charge is 0.226 e. The Hall–Kier alpha value is -2.83. The number of hydrogen-bond acceptors (Lipinski definition) is 4. The molecule has 0 saturated carbocycles. The lowest BCUT2D eigenvalue weighted by atomic mass is 9.87. The Balaban J connectivity index is 1.88. The number of amides is 1. The summed E-state index contributed by atoms with van der Waals surface area (Å²) in [7, 11) is 0. The van der Waals surface area contributed by atoms with E-state index in [9.17, 15) is 4.79 Å². The molecule has 0 saturated heterocycles. The van der Waals surface area contributed by atoms with Crippen molar-refractivity contribution in [1.29, 1.82) is 0 Å². The third-order valence-electron chi connectivity index (χ3n) is 4.20. The van der Waals surface area contributed by atoms with Crippen molar-refractivity contribution < 1.29 is 9.21 Å². The summed E-state index contributed by atoms with van der Waals surface area (Å²) in [5.74, 6) is 1.98. The number of nitrogens with zero attached hydrogens (tertiary/aromatic N) is 2. The maximum Gasteiger partial charge on any atom is 0.226 e. The average Bonchev–Trinajstić information content (AvgIpc) is 3.24. The molecule has 3 aromatic rings. The highest BCUT2D eigenvalue weighted by atomic mass is 16.3. The van der Waals surface area contributed by atoms with Gasteiger partial charge in [0.25, 0.3) is 0 Å². The minimum atomic E-state index is -0.144. The molecule has 0 bridgehead atoms. The second-order valence-corrected chi connectivity index (χ2v) is 5.69. The molecule has 7 nitrogen and oxygen atoms in total. The fourth-order valence-corrected chi connectivity index (χ4v) is 3.14. The molecule has 1 atom stereocenters. The number of aryl methyl sites for hydroxylation is 2. The molecule has 4 rings (SSSR count). The number of anilines is 1. The first-order chi connectivity index (χ1) is 11.2. The van der Waals surface area contributed by atoms with E-state index < -0.39 is 0 Å². The topological polar surface area (TPSA) is 99.6 Å². The second kappa shape index (κ2) is 5.12. The number of aromatic nitrogens is 4. The lowest BCUT2D eigenvalue weighted by Crippen LogP contribution is -2.24. The zero-order chi connectivity index (χ0) is 16.0. The number of rotatable bonds is 3. The van der Waals surface area contributed by atoms with Crippen molar-refractivity contribution in [2.45, 2.75) is 32.6 Å². The van der Waals surface area contributed by atoms with Crippen molar-refractivity contribution in [3.05, 3.63) is 41.2 Å². The molecule has 1 aliphatic heterocycles. The van der Waals surface area contributed by atoms with Gasteiger partial charge in [-0.05, 0) is 19.1 Å². The minimum absolute atomic E-state index is 0.0551. The number of carbonyl (C=O) groups excluding carboxylic acids is 1. The monoisotopic (exact) mass is 311 g/mol. The summed E-state index contributed by atoms with van der Waals surface area (Å²) >= 11 is 0. The number of furan rings is 1. The van der Waals surface area contributed by atoms with Crippen molar-refractivity contribution in [3.63, 3.8) is 0 Å². The van der Waals surface area contributed by atoms with Gasteiger partial charge in [0.1, 0.15) is 11.5 Å². The fraction of sp³-hybridized carbons (Fsp3) is 0.312. The zero-order valence-electron chi connectivity index (χ0n) is 12.9. The van der Waals surface area contributed by atoms with Crippen LogP contribution in [0.4, 0.5) is 5.82 Å². The van der Waals surface area contributed by atoms with E-state index in [4.69, 9.17) is 4.42 Å². The van der Waals surface area contributed by atoms with Gasteiger partial charge in [0.15, 0.2) is 11.6 Å². The molecule has 0 fully saturated rings. The van der Waals surface area contributed by atoms with Gasteiger partial charge in [0.05, 0.1) is 12.0 Å². The van der Waals surface area contributed by atoms with E-state index in [1.165, 1.54) is 0 Å². The Morgan fingerprint density at radius 3 is 3.00 bits per heavy atom. The van der Waals surface area contributed by atoms with Gasteiger partial charge in [-0.1, -0.05) is 6.92 Å². The lowest BCUT2D eigenvalue weighted by molar-refractivity contribution is -0.116. The van der Waals surface area contributed by atoms with Crippen LogP contribution in [0.1, 0.15) is 42.0 Å². The molecule has 7 heteroatoms. The first-order valence-corrected chi connectivity index (χ1v) is 7.64. The van der Waals surface area contributed by atoms with Gasteiger partial charge < -0.3 is 14.7 Å². The number of H-pyrrole nitrogens is 2. The Kier molecular flexibility index (Phi) is 3.07. The number of hydrogen-bond donors (Lipinski definition) is 3. The molecule has 1 aliphatic rings. The van der Waals surface area contributed by atoms with E-state index in [-0.39, 0.29) is 11.8 Å². The summed E-state index contributed by atoms with van der Waals surface area (Å²) in [6.07, 6.45) is 2.78. The van der Waals surface area contributed by atoms with E-state index in [2.05, 4.69) is 25.5 Å². The van der Waals surface area contributed by atoms with Crippen LogP contribution in [0.2, 0.25) is 0 Å². The summed E-state index contributed by atoms with van der Waals surface area (Å²) in [5.41, 5.74) is 3.60. The number of carbonyl (C=O) groups is 1. The van der Waals surface area contributed by atoms with E-state index in [0.717, 1.165) is 34.9 Å². The van der Waals surface area contributed by atoms with Gasteiger partial charge in [-0.2, -0.15) is 5.10 Å². The average molecular weight is 311 g/mol. The van der Waals surface area contributed by atoms with Gasteiger partial charge in [-0.25, -0.2) is 4.98 Å². The molecular formula is C16H17N5O2. The highest BCUT2D eigenvalue weighted by Crippen LogP contribution is 2.42. The number of nitrogens with one attached hydrogen (secondary N) is 3. The van der Waals surface area contributed by atoms with Crippen molar-refractivity contribution in [2.75, 3.05) is 5.32 Å². The third-order valence-corrected chi connectivity index (χ3v) is 4.20. The van der Waals surface area contributed by atoms with Gasteiger partial charge >= 0.3 is 0 Å². The molecule has 0 aromatic carbocycles. The van der Waals surface area contributed by atoms with E-state index >= 15 is 0 Å². The molecule has 4 heterocycles. The van der Waals surface area contributed by atoms with Gasteiger partial charge in [0, 0.05) is 30.0 Å². The first-order valence-electron chi connectivity index (χ1n) is 7.64. The molecule has 118 valence electrons. The molecule has 1 unspecified atom stereocenters. The summed E-state index contributed by atoms with van der Waals surface area (Å²) < 4.78 is 5.50. The summed E-state index contributed by atoms with van der Waals surface area (Å²) in [4.78, 5) is 20.0. The minimum Gasteiger partial charge on any atom is -0.463 e. The van der Waals surface area contributed by atoms with Crippen LogP contribution >= 0.6 is 0 Å². The van der Waals surface area contributed by atoms with E-state index in [1.54, 1.807) is 6.26 Å². The predicted octanol–water partition coefficient (Wildman–Crippen LogP) is 2.74. The van der Waals surface area contributed by atoms with Crippen LogP contribution in [0.5, 0.6) is 0 Å². The Labute approximate surface area is 132 Å². The summed E-state index contributed by atoms with van der Waals surface area (Å²) in [6, 6.07) is 3.70. The molecule has 0 spiro atoms. The Bertz CT molecular complexity index is 859. The molecule has 0 aliphatic carbocycles. The predicted molar refractivity (Wildman–Crippen MR) is 84.1 cm³/mol. The first kappa shape index (κ1) is 13.8. The molecule has 3 N–H and O–H groups in total. The summed E-state index contributed by atoms with van der Waals surface area (Å²) in [6.45, 7) is 4.04. The second-order valence-electron chi connectivity index (χ2n) is 5.69. The number of aromatic amines is 2. The number of imidazole rings is 1. The lowest BCUT2D eigenvalue weighted by Gasteiger charge is -2.21. The Morgan fingerprint density at radius 1 is 1.43 bits per heavy atom. The standard InChI is InChI=1S/C16H17N5O2/c1-3-11-17-8(2)14(18-11)9-7-12(22)19-16-13(9)15(20-21-16)10-5-4-6-23-10/h4-6,9H,3,7H2,1-2H3,(H,17,18)(H2,19,20,21,22). The normalized spacial score (nSPS) is 17.1. The zero-order valence-corrected chi connectivity index (χ0v) is 12.9. The van der Waals surface area contributed by atoms with Crippen LogP contribution in [0.3, 0.4) is 0 Å². The van der Waals surface area contributed by atoms with E-state index in [1.807, 2.05) is 26.0 Å².